The van der Waals surface area contributed by atoms with Crippen LogP contribution in [0.3, 0.4) is 0 Å². The van der Waals surface area contributed by atoms with Gasteiger partial charge in [0.2, 0.25) is 11.8 Å². The molecule has 0 spiro atoms. The third-order valence-corrected chi connectivity index (χ3v) is 22.9. The molecule has 1 aliphatic rings. The second-order valence-corrected chi connectivity index (χ2v) is 46.2. The second-order valence-electron chi connectivity index (χ2n) is 34.8. The van der Waals surface area contributed by atoms with E-state index in [1.165, 1.54) is 100 Å². The molecule has 10 aromatic carbocycles. The number of methoxy groups -OCH3 is 1. The molecule has 14 rings (SSSR count). The van der Waals surface area contributed by atoms with E-state index < -0.39 is 88.9 Å². The van der Waals surface area contributed by atoms with E-state index in [1.54, 1.807) is 102 Å². The van der Waals surface area contributed by atoms with Gasteiger partial charge in [0.1, 0.15) is 42.0 Å². The first kappa shape index (κ1) is 117. The highest BCUT2D eigenvalue weighted by atomic mass is 35.5. The van der Waals surface area contributed by atoms with Crippen molar-refractivity contribution in [3.63, 3.8) is 0 Å². The van der Waals surface area contributed by atoms with Crippen molar-refractivity contribution in [2.24, 2.45) is 0 Å². The predicted molar refractivity (Wildman–Crippen MR) is 548 cm³/mol. The van der Waals surface area contributed by atoms with Gasteiger partial charge in [0.25, 0.3) is 29.5 Å². The summed E-state index contributed by atoms with van der Waals surface area (Å²) in [5.41, 5.74) is 0.684. The molecule has 0 atom stereocenters. The Hall–Kier alpha value is -15.3. The molecule has 13 aromatic rings. The summed E-state index contributed by atoms with van der Waals surface area (Å²) in [6.45, 7) is 15.1. The summed E-state index contributed by atoms with van der Waals surface area (Å²) < 4.78 is 168. The van der Waals surface area contributed by atoms with Crippen molar-refractivity contribution in [1.29, 1.82) is 0 Å². The number of aromatic nitrogens is 3. The molecule has 0 aliphatic heterocycles. The fourth-order valence-corrected chi connectivity index (χ4v) is 14.5. The molecule has 27 nitrogen and oxygen atoms in total. The van der Waals surface area contributed by atoms with E-state index >= 15 is 0 Å². The van der Waals surface area contributed by atoms with Crippen molar-refractivity contribution >= 4 is 91.9 Å². The Balaban J connectivity index is 0.000000211. The molecule has 39 heteroatoms. The first-order valence-electron chi connectivity index (χ1n) is 46.3. The van der Waals surface area contributed by atoms with Gasteiger partial charge in [-0.2, -0.15) is 39.5 Å². The van der Waals surface area contributed by atoms with E-state index in [0.29, 0.717) is 59.4 Å². The molecule has 0 radical (unpaired) electrons. The van der Waals surface area contributed by atoms with Crippen molar-refractivity contribution in [2.75, 3.05) is 81.6 Å². The number of nitrogens with one attached hydrogen (secondary N) is 7. The minimum absolute atomic E-state index is 0.0237. The van der Waals surface area contributed by atoms with Crippen LogP contribution < -0.4 is 65.6 Å². The number of anilines is 3. The maximum absolute atomic E-state index is 12.9. The summed E-state index contributed by atoms with van der Waals surface area (Å²) in [4.78, 5) is 97.1. The molecule has 0 unspecified atom stereocenters. The maximum atomic E-state index is 12.9. The van der Waals surface area contributed by atoms with Crippen LogP contribution in [0.25, 0.3) is 11.4 Å². The van der Waals surface area contributed by atoms with E-state index in [9.17, 15) is 77.9 Å². The molecule has 1 saturated carbocycles. The van der Waals surface area contributed by atoms with Crippen LogP contribution >= 0.6 is 11.6 Å². The second kappa shape index (κ2) is 60.5. The van der Waals surface area contributed by atoms with E-state index in [0.717, 1.165) is 77.7 Å². The molecule has 1 fully saturated rings. The Morgan fingerprint density at radius 3 is 1.28 bits per heavy atom. The van der Waals surface area contributed by atoms with Crippen LogP contribution in [0.4, 0.5) is 56.6 Å². The zero-order valence-corrected chi connectivity index (χ0v) is 84.9. The van der Waals surface area contributed by atoms with E-state index in [4.69, 9.17) is 53.9 Å². The number of ketones is 1. The van der Waals surface area contributed by atoms with Crippen LogP contribution in [0, 0.1) is 0 Å². The van der Waals surface area contributed by atoms with Gasteiger partial charge in [0.05, 0.1) is 88.9 Å². The number of halogens is 10. The first-order chi connectivity index (χ1) is 70.1. The van der Waals surface area contributed by atoms with Crippen molar-refractivity contribution in [3.05, 3.63) is 361 Å². The number of para-hydroxylation sites is 4. The molecule has 0 bridgehead atoms. The summed E-state index contributed by atoms with van der Waals surface area (Å²) in [5, 5.41) is 18.6. The van der Waals surface area contributed by atoms with Crippen molar-refractivity contribution in [2.45, 2.75) is 123 Å². The number of alkyl halides is 9. The standard InChI is InChI=1S/C19H15F3N2O2.C18H14F3N3O2.C18H16F3NO4.C15H21NO2.C13H12ClNO3.C13H21NO2Si.C12H19NO2Si/c20-19(21,22)16-5-1-2-6-17(16)23-18(25)13-26-15-9-7-14(8-10-15)24-11-3-4-12-24;19-18(20,21)15-3-1-2-4-16(15)23-17(25)11-26-14-7-5-13(6-8-14)24-10-9-22-12-24;1-11(23)12-7-8-15(16(9-12)25-2)26-10-17(24)22-14-6-4-3-5-13(14)18(19,20)21;17-15(12-18-14-9-5-2-6-10-14)16-11-13-7-3-1-4-8-13;14-10-3-1-4-11(7-10)18-9-13(16)15-8-12-5-2-6-17-12;1-17(2,3)11-14-13(15)10-16-9-12-7-5-4-6-8-12;1-16(2,3)10-13-12(14)9-15-11-7-5-4-6-8-11/h1-12H,13H2,(H,23,25);1-10,12H,11H2,(H,23,25);3-9H,10H2,1-2H3,(H,22,24);1,3-4,7-8,14H,2,5-6,9-12H2,(H,16,17);1-7H,8-9H2,(H,15,16);4-8H,9-11H2,1-3H3,(H,14,15);4-8H,9-10H2,1-3H3,(H,13,14). The number of Topliss-reactive ketones (excluding diaryl/α,β-unsaturated/α-hetero) is 1. The molecule has 3 aromatic heterocycles. The minimum Gasteiger partial charge on any atom is -0.493 e. The lowest BCUT2D eigenvalue weighted by Crippen LogP contribution is -2.41. The van der Waals surface area contributed by atoms with E-state index in [1.807, 2.05) is 132 Å². The zero-order chi connectivity index (χ0) is 107. The molecule has 147 heavy (non-hydrogen) atoms. The summed E-state index contributed by atoms with van der Waals surface area (Å²) in [7, 11) is -1.06. The number of ether oxygens (including phenoxy) is 8. The zero-order valence-electron chi connectivity index (χ0n) is 82.2. The monoisotopic (exact) mass is 2090 g/mol. The van der Waals surface area contributed by atoms with Gasteiger partial charge in [0.15, 0.2) is 50.3 Å². The number of carbonyl (C=O) groups excluding carboxylic acids is 8. The Bertz CT molecular complexity index is 6020. The highest BCUT2D eigenvalue weighted by molar-refractivity contribution is 6.76. The highest BCUT2D eigenvalue weighted by Gasteiger charge is 2.36. The molecule has 7 N–H and O–H groups in total. The predicted octanol–water partition coefficient (Wildman–Crippen LogP) is 21.9. The lowest BCUT2D eigenvalue weighted by molar-refractivity contribution is -0.138. The molecular formula is C108H118ClF9N10O17Si2. The van der Waals surface area contributed by atoms with Crippen LogP contribution in [-0.4, -0.2) is 149 Å². The number of rotatable bonds is 37. The van der Waals surface area contributed by atoms with E-state index in [2.05, 4.69) is 81.5 Å². The van der Waals surface area contributed by atoms with Crippen molar-refractivity contribution in [3.8, 4) is 45.9 Å². The number of hydrogen-bond acceptors (Lipinski definition) is 18. The van der Waals surface area contributed by atoms with Crippen LogP contribution in [0.1, 0.15) is 83.0 Å². The van der Waals surface area contributed by atoms with Crippen molar-refractivity contribution < 1.29 is 120 Å². The quantitative estimate of drug-likeness (QED) is 0.0108. The summed E-state index contributed by atoms with van der Waals surface area (Å²) in [6.07, 6.45) is 4.60. The van der Waals surface area contributed by atoms with Gasteiger partial charge in [-0.05, 0) is 189 Å². The Kier molecular flexibility index (Phi) is 48.1. The Morgan fingerprint density at radius 2 is 0.823 bits per heavy atom. The molecule has 0 saturated heterocycles. The number of hydrogen-bond donors (Lipinski definition) is 7. The summed E-state index contributed by atoms with van der Waals surface area (Å²) in [6, 6.07) is 75.9. The molecular weight excluding hydrogens is 1970 g/mol. The number of imidazole rings is 1. The van der Waals surface area contributed by atoms with Gasteiger partial charge in [0, 0.05) is 65.6 Å². The fourth-order valence-electron chi connectivity index (χ4n) is 12.8. The smallest absolute Gasteiger partial charge is 0.418 e. The number of furan rings is 1. The van der Waals surface area contributed by atoms with Crippen LogP contribution in [0.15, 0.2) is 321 Å². The number of benzene rings is 10. The molecule has 1 aliphatic carbocycles. The van der Waals surface area contributed by atoms with Crippen LogP contribution in [0.5, 0.6) is 34.5 Å². The largest absolute Gasteiger partial charge is 0.493 e. The fraction of sp³-hybridized carbons (Fsp3) is 0.269. The highest BCUT2D eigenvalue weighted by Crippen LogP contribution is 2.38. The third-order valence-electron chi connectivity index (χ3n) is 20.2. The van der Waals surface area contributed by atoms with Gasteiger partial charge < -0.3 is 88.7 Å². The van der Waals surface area contributed by atoms with Gasteiger partial charge >= 0.3 is 18.5 Å². The number of nitrogens with zero attached hydrogens (tertiary/aromatic N) is 3. The van der Waals surface area contributed by atoms with E-state index in [-0.39, 0.29) is 84.4 Å². The lowest BCUT2D eigenvalue weighted by atomic mass is 9.98. The van der Waals surface area contributed by atoms with Gasteiger partial charge in [-0.1, -0.05) is 191 Å². The molecule has 7 amide bonds. The van der Waals surface area contributed by atoms with Crippen LogP contribution in [-0.2, 0) is 81.3 Å². The van der Waals surface area contributed by atoms with Crippen LogP contribution in [0.2, 0.25) is 44.3 Å². The lowest BCUT2D eigenvalue weighted by Gasteiger charge is -2.21. The molecule has 780 valence electrons. The number of carbonyl (C=O) groups is 8. The normalized spacial score (nSPS) is 11.6. The first-order valence-corrected chi connectivity index (χ1v) is 54.1. The summed E-state index contributed by atoms with van der Waals surface area (Å²) in [5.74, 6) is 0.691. The van der Waals surface area contributed by atoms with Gasteiger partial charge in [-0.3, -0.25) is 38.4 Å². The Labute approximate surface area is 853 Å². The van der Waals surface area contributed by atoms with Gasteiger partial charge in [-0.25, -0.2) is 4.98 Å². The molecule has 3 heterocycles. The SMILES string of the molecule is COc1cc(C(C)=O)ccc1OCC(=O)Nc1ccccc1C(F)(F)F.C[Si](C)(C)CNC(=O)COCc1ccccc1.C[Si](C)(C)CNC(=O)COc1ccccc1.O=C(COC1CCCCC1)NCc1ccccc1.O=C(COc1ccc(-n2cccc2)cc1)Nc1ccccc1C(F)(F)F.O=C(COc1ccc(-n2ccnc2)cc1)Nc1ccccc1C(F)(F)F.O=C(COc1cccc(Cl)c1)NCc1ccco1. The third kappa shape index (κ3) is 46.6. The Morgan fingerprint density at radius 1 is 0.401 bits per heavy atom. The van der Waals surface area contributed by atoms with Gasteiger partial charge in [-0.15, -0.1) is 0 Å². The average Bonchev–Trinajstić information content (AvgIpc) is 1.40. The summed E-state index contributed by atoms with van der Waals surface area (Å²) >= 11 is 5.80. The maximum Gasteiger partial charge on any atom is 0.418 e. The minimum atomic E-state index is -4.59. The van der Waals surface area contributed by atoms with Crippen molar-refractivity contribution in [1.82, 2.24) is 35.4 Å². The number of amides is 7. The average molecular weight is 2090 g/mol. The topological polar surface area (TPSA) is 330 Å².